The number of likely N-dealkylation sites (tertiary alicyclic amines) is 1. The van der Waals surface area contributed by atoms with Gasteiger partial charge in [0.15, 0.2) is 0 Å². The molecule has 1 aromatic carbocycles. The fraction of sp³-hybridized carbons (Fsp3) is 0.533. The molecule has 0 bridgehead atoms. The summed E-state index contributed by atoms with van der Waals surface area (Å²) in [5, 5.41) is 0. The van der Waals surface area contributed by atoms with Crippen LogP contribution in [0.5, 0.6) is 0 Å². The molecule has 0 aliphatic carbocycles. The third-order valence-electron chi connectivity index (χ3n) is 3.62. The third kappa shape index (κ3) is 3.97. The van der Waals surface area contributed by atoms with Crippen LogP contribution in [0.25, 0.3) is 0 Å². The first-order chi connectivity index (χ1) is 8.38. The molecule has 17 heavy (non-hydrogen) atoms. The van der Waals surface area contributed by atoms with Crippen molar-refractivity contribution < 1.29 is 4.79 Å². The Morgan fingerprint density at radius 3 is 2.76 bits per heavy atom. The largest absolute Gasteiger partial charge is 0.303 e. The Balaban J connectivity index is 1.84. The zero-order valence-corrected chi connectivity index (χ0v) is 10.3. The van der Waals surface area contributed by atoms with E-state index < -0.39 is 0 Å². The normalized spacial score (nSPS) is 22.0. The van der Waals surface area contributed by atoms with Crippen LogP contribution in [0.2, 0.25) is 0 Å². The maximum Gasteiger partial charge on any atom is 0.120 e. The lowest BCUT2D eigenvalue weighted by Gasteiger charge is -2.20. The summed E-state index contributed by atoms with van der Waals surface area (Å²) in [6, 6.07) is 10.6. The predicted octanol–water partition coefficient (Wildman–Crippen LogP) is 2.88. The second kappa shape index (κ2) is 6.55. The Kier molecular flexibility index (Phi) is 4.75. The van der Waals surface area contributed by atoms with Crippen molar-refractivity contribution in [3.8, 4) is 0 Å². The average molecular weight is 231 g/mol. The van der Waals surface area contributed by atoms with Crippen LogP contribution in [0.3, 0.4) is 0 Å². The highest BCUT2D eigenvalue weighted by molar-refractivity contribution is 5.49. The van der Waals surface area contributed by atoms with Crippen LogP contribution in [0, 0.1) is 5.92 Å². The molecule has 0 radical (unpaired) electrons. The van der Waals surface area contributed by atoms with E-state index in [4.69, 9.17) is 0 Å². The van der Waals surface area contributed by atoms with Crippen molar-refractivity contribution in [3.05, 3.63) is 35.9 Å². The minimum atomic E-state index is 0.619. The minimum absolute atomic E-state index is 0.619. The van der Waals surface area contributed by atoms with Gasteiger partial charge < -0.3 is 4.79 Å². The Hall–Kier alpha value is -1.15. The van der Waals surface area contributed by atoms with Crippen LogP contribution < -0.4 is 0 Å². The fourth-order valence-corrected chi connectivity index (χ4v) is 2.60. The summed E-state index contributed by atoms with van der Waals surface area (Å²) in [4.78, 5) is 13.1. The molecule has 2 heteroatoms. The van der Waals surface area contributed by atoms with Gasteiger partial charge >= 0.3 is 0 Å². The summed E-state index contributed by atoms with van der Waals surface area (Å²) >= 11 is 0. The first-order valence-electron chi connectivity index (χ1n) is 6.58. The van der Waals surface area contributed by atoms with Gasteiger partial charge in [0.1, 0.15) is 6.29 Å². The Bertz CT molecular complexity index is 336. The summed E-state index contributed by atoms with van der Waals surface area (Å²) in [5.41, 5.74) is 1.39. The van der Waals surface area contributed by atoms with Crippen LogP contribution in [-0.4, -0.2) is 24.3 Å². The lowest BCUT2D eigenvalue weighted by atomic mass is 9.98. The first-order valence-corrected chi connectivity index (χ1v) is 6.58. The lowest BCUT2D eigenvalue weighted by molar-refractivity contribution is -0.108. The van der Waals surface area contributed by atoms with E-state index >= 15 is 0 Å². The van der Waals surface area contributed by atoms with Crippen molar-refractivity contribution in [1.29, 1.82) is 0 Å². The van der Waals surface area contributed by atoms with Crippen molar-refractivity contribution in [2.45, 2.75) is 32.2 Å². The van der Waals surface area contributed by atoms with Crippen LogP contribution in [0.1, 0.15) is 31.2 Å². The van der Waals surface area contributed by atoms with E-state index in [0.717, 1.165) is 25.8 Å². The topological polar surface area (TPSA) is 20.3 Å². The molecule has 1 fully saturated rings. The molecule has 1 aromatic rings. The van der Waals surface area contributed by atoms with Crippen molar-refractivity contribution >= 4 is 6.29 Å². The smallest absolute Gasteiger partial charge is 0.120 e. The molecule has 0 saturated carbocycles. The highest BCUT2D eigenvalue weighted by atomic mass is 16.1. The molecule has 1 aliphatic rings. The van der Waals surface area contributed by atoms with Gasteiger partial charge in [-0.2, -0.15) is 0 Å². The molecule has 0 spiro atoms. The minimum Gasteiger partial charge on any atom is -0.303 e. The van der Waals surface area contributed by atoms with Crippen molar-refractivity contribution in [3.63, 3.8) is 0 Å². The van der Waals surface area contributed by atoms with E-state index in [-0.39, 0.29) is 0 Å². The molecule has 2 nitrogen and oxygen atoms in total. The summed E-state index contributed by atoms with van der Waals surface area (Å²) in [5.74, 6) is 0.619. The number of hydrogen-bond donors (Lipinski definition) is 0. The molecule has 1 saturated heterocycles. The second-order valence-electron chi connectivity index (χ2n) is 4.96. The number of hydrogen-bond acceptors (Lipinski definition) is 2. The fourth-order valence-electron chi connectivity index (χ4n) is 2.60. The van der Waals surface area contributed by atoms with Gasteiger partial charge in [0.05, 0.1) is 0 Å². The summed E-state index contributed by atoms with van der Waals surface area (Å²) in [7, 11) is 0. The van der Waals surface area contributed by atoms with Gasteiger partial charge in [-0.05, 0) is 43.8 Å². The maximum absolute atomic E-state index is 10.5. The van der Waals surface area contributed by atoms with Gasteiger partial charge in [0, 0.05) is 13.0 Å². The molecule has 92 valence electrons. The van der Waals surface area contributed by atoms with Crippen LogP contribution in [0.4, 0.5) is 0 Å². The molecule has 2 rings (SSSR count). The van der Waals surface area contributed by atoms with Crippen molar-refractivity contribution in [2.24, 2.45) is 5.92 Å². The number of carbonyl (C=O) groups excluding carboxylic acids is 1. The Morgan fingerprint density at radius 2 is 2.00 bits per heavy atom. The van der Waals surface area contributed by atoms with Crippen LogP contribution >= 0.6 is 0 Å². The molecule has 1 atom stereocenters. The predicted molar refractivity (Wildman–Crippen MR) is 69.7 cm³/mol. The summed E-state index contributed by atoms with van der Waals surface area (Å²) in [6.45, 7) is 3.35. The van der Waals surface area contributed by atoms with E-state index in [1.165, 1.54) is 31.4 Å². The summed E-state index contributed by atoms with van der Waals surface area (Å²) < 4.78 is 0. The van der Waals surface area contributed by atoms with Gasteiger partial charge in [0.2, 0.25) is 0 Å². The Labute approximate surface area is 104 Å². The molecule has 0 amide bonds. The molecule has 0 N–H and O–H groups in total. The second-order valence-corrected chi connectivity index (χ2v) is 4.96. The Morgan fingerprint density at radius 1 is 1.18 bits per heavy atom. The van der Waals surface area contributed by atoms with Gasteiger partial charge in [0.25, 0.3) is 0 Å². The van der Waals surface area contributed by atoms with E-state index in [9.17, 15) is 4.79 Å². The third-order valence-corrected chi connectivity index (χ3v) is 3.62. The number of rotatable bonds is 4. The maximum atomic E-state index is 10.5. The highest BCUT2D eigenvalue weighted by Gasteiger charge is 2.16. The van der Waals surface area contributed by atoms with E-state index in [1.807, 2.05) is 0 Å². The standard InChI is InChI=1S/C15H21NO/c17-12-9-14-7-4-10-16(11-8-14)13-15-5-2-1-3-6-15/h1-3,5-6,12,14H,4,7-11,13H2. The molecule has 1 aliphatic heterocycles. The number of nitrogens with zero attached hydrogens (tertiary/aromatic N) is 1. The highest BCUT2D eigenvalue weighted by Crippen LogP contribution is 2.20. The van der Waals surface area contributed by atoms with Crippen LogP contribution in [0.15, 0.2) is 30.3 Å². The lowest BCUT2D eigenvalue weighted by Crippen LogP contribution is -2.24. The van der Waals surface area contributed by atoms with Crippen molar-refractivity contribution in [2.75, 3.05) is 13.1 Å². The van der Waals surface area contributed by atoms with E-state index in [2.05, 4.69) is 35.2 Å². The quantitative estimate of drug-likeness (QED) is 0.743. The molecular weight excluding hydrogens is 210 g/mol. The van der Waals surface area contributed by atoms with Gasteiger partial charge in [-0.15, -0.1) is 0 Å². The van der Waals surface area contributed by atoms with Gasteiger partial charge in [-0.3, -0.25) is 4.90 Å². The number of benzene rings is 1. The molecule has 0 aromatic heterocycles. The summed E-state index contributed by atoms with van der Waals surface area (Å²) in [6.07, 6.45) is 5.44. The van der Waals surface area contributed by atoms with Gasteiger partial charge in [-0.1, -0.05) is 30.3 Å². The molecular formula is C15H21NO. The monoisotopic (exact) mass is 231 g/mol. The van der Waals surface area contributed by atoms with Gasteiger partial charge in [-0.25, -0.2) is 0 Å². The average Bonchev–Trinajstić information content (AvgIpc) is 2.57. The number of aldehydes is 1. The zero-order chi connectivity index (χ0) is 11.9. The molecule has 1 unspecified atom stereocenters. The molecule has 1 heterocycles. The van der Waals surface area contributed by atoms with E-state index in [0.29, 0.717) is 5.92 Å². The van der Waals surface area contributed by atoms with Crippen LogP contribution in [-0.2, 0) is 11.3 Å². The number of carbonyl (C=O) groups is 1. The van der Waals surface area contributed by atoms with E-state index in [1.54, 1.807) is 0 Å². The zero-order valence-electron chi connectivity index (χ0n) is 10.3. The van der Waals surface area contributed by atoms with Crippen molar-refractivity contribution in [1.82, 2.24) is 4.90 Å². The SMILES string of the molecule is O=CCC1CCCN(Cc2ccccc2)CC1. The first kappa shape index (κ1) is 12.3.